The van der Waals surface area contributed by atoms with Gasteiger partial charge in [-0.3, -0.25) is 9.78 Å². The molecular formula is C13H21N3O. The van der Waals surface area contributed by atoms with Gasteiger partial charge in [-0.15, -0.1) is 0 Å². The maximum absolute atomic E-state index is 11.7. The van der Waals surface area contributed by atoms with Crippen molar-refractivity contribution in [3.05, 3.63) is 30.1 Å². The van der Waals surface area contributed by atoms with E-state index >= 15 is 0 Å². The van der Waals surface area contributed by atoms with Gasteiger partial charge in [-0.1, -0.05) is 13.0 Å². The van der Waals surface area contributed by atoms with Crippen LogP contribution in [-0.4, -0.2) is 23.5 Å². The van der Waals surface area contributed by atoms with E-state index in [1.54, 1.807) is 12.4 Å². The number of aromatic nitrogens is 1. The highest BCUT2D eigenvalue weighted by Crippen LogP contribution is 2.08. The van der Waals surface area contributed by atoms with Crippen molar-refractivity contribution in [3.63, 3.8) is 0 Å². The summed E-state index contributed by atoms with van der Waals surface area (Å²) in [7, 11) is 0. The fourth-order valence-corrected chi connectivity index (χ4v) is 1.42. The lowest BCUT2D eigenvalue weighted by molar-refractivity contribution is -0.121. The van der Waals surface area contributed by atoms with Crippen LogP contribution >= 0.6 is 0 Å². The fraction of sp³-hybridized carbons (Fsp3) is 0.538. The average molecular weight is 235 g/mol. The van der Waals surface area contributed by atoms with Crippen molar-refractivity contribution >= 4 is 5.91 Å². The summed E-state index contributed by atoms with van der Waals surface area (Å²) in [6.07, 6.45) is 4.51. The molecule has 1 aromatic heterocycles. The number of nitrogens with one attached hydrogen (secondary N) is 2. The van der Waals surface area contributed by atoms with E-state index in [1.807, 2.05) is 19.1 Å². The quantitative estimate of drug-likeness (QED) is 0.788. The Morgan fingerprint density at radius 3 is 2.82 bits per heavy atom. The maximum atomic E-state index is 11.7. The van der Waals surface area contributed by atoms with Crippen LogP contribution in [0, 0.1) is 0 Å². The zero-order valence-electron chi connectivity index (χ0n) is 10.7. The summed E-state index contributed by atoms with van der Waals surface area (Å²) in [6, 6.07) is 4.19. The Bertz CT molecular complexity index is 340. The SMILES string of the molecule is CCC(C)NCC(=O)N[C@@H](C)c1cccnc1. The molecule has 1 amide bonds. The van der Waals surface area contributed by atoms with Crippen molar-refractivity contribution in [2.24, 2.45) is 0 Å². The second kappa shape index (κ2) is 7.01. The average Bonchev–Trinajstić information content (AvgIpc) is 2.36. The lowest BCUT2D eigenvalue weighted by Crippen LogP contribution is -2.38. The van der Waals surface area contributed by atoms with Crippen molar-refractivity contribution in [3.8, 4) is 0 Å². The molecule has 0 aromatic carbocycles. The van der Waals surface area contributed by atoms with E-state index < -0.39 is 0 Å². The third-order valence-corrected chi connectivity index (χ3v) is 2.79. The molecule has 1 rings (SSSR count). The van der Waals surface area contributed by atoms with Gasteiger partial charge in [0.2, 0.25) is 5.91 Å². The van der Waals surface area contributed by atoms with Gasteiger partial charge in [0.15, 0.2) is 0 Å². The Kier molecular flexibility index (Phi) is 5.63. The number of pyridine rings is 1. The molecule has 0 saturated carbocycles. The second-order valence-corrected chi connectivity index (χ2v) is 4.27. The largest absolute Gasteiger partial charge is 0.348 e. The van der Waals surface area contributed by atoms with Crippen molar-refractivity contribution in [2.45, 2.75) is 39.3 Å². The first kappa shape index (κ1) is 13.6. The van der Waals surface area contributed by atoms with Crippen molar-refractivity contribution < 1.29 is 4.79 Å². The van der Waals surface area contributed by atoms with E-state index in [-0.39, 0.29) is 11.9 Å². The van der Waals surface area contributed by atoms with Gasteiger partial charge >= 0.3 is 0 Å². The molecule has 1 unspecified atom stereocenters. The number of hydrogen-bond donors (Lipinski definition) is 2. The summed E-state index contributed by atoms with van der Waals surface area (Å²) < 4.78 is 0. The Labute approximate surface area is 103 Å². The van der Waals surface area contributed by atoms with Gasteiger partial charge in [0.05, 0.1) is 12.6 Å². The first-order valence-electron chi connectivity index (χ1n) is 6.06. The minimum absolute atomic E-state index is 0.00469. The number of carbonyl (C=O) groups excluding carboxylic acids is 1. The predicted molar refractivity (Wildman–Crippen MR) is 68.6 cm³/mol. The van der Waals surface area contributed by atoms with E-state index in [9.17, 15) is 4.79 Å². The molecule has 4 heteroatoms. The van der Waals surface area contributed by atoms with Gasteiger partial charge < -0.3 is 10.6 Å². The summed E-state index contributed by atoms with van der Waals surface area (Å²) in [4.78, 5) is 15.7. The smallest absolute Gasteiger partial charge is 0.234 e. The molecule has 4 nitrogen and oxygen atoms in total. The summed E-state index contributed by atoms with van der Waals surface area (Å²) in [6.45, 7) is 6.48. The zero-order valence-corrected chi connectivity index (χ0v) is 10.7. The van der Waals surface area contributed by atoms with Crippen LogP contribution in [0.3, 0.4) is 0 Å². The molecule has 0 aliphatic rings. The number of carbonyl (C=O) groups is 1. The summed E-state index contributed by atoms with van der Waals surface area (Å²) in [5, 5.41) is 6.10. The van der Waals surface area contributed by atoms with E-state index in [2.05, 4.69) is 29.5 Å². The standard InChI is InChI=1S/C13H21N3O/c1-4-10(2)15-9-13(17)16-11(3)12-6-5-7-14-8-12/h5-8,10-11,15H,4,9H2,1-3H3,(H,16,17)/t10?,11-/m0/s1. The molecule has 1 aromatic rings. The van der Waals surface area contributed by atoms with Crippen LogP contribution in [0.5, 0.6) is 0 Å². The topological polar surface area (TPSA) is 54.0 Å². The van der Waals surface area contributed by atoms with Crippen LogP contribution in [-0.2, 0) is 4.79 Å². The molecule has 0 aliphatic heterocycles. The van der Waals surface area contributed by atoms with Crippen LogP contribution in [0.25, 0.3) is 0 Å². The first-order chi connectivity index (χ1) is 8.13. The van der Waals surface area contributed by atoms with E-state index in [4.69, 9.17) is 0 Å². The van der Waals surface area contributed by atoms with Crippen LogP contribution in [0.4, 0.5) is 0 Å². The summed E-state index contributed by atoms with van der Waals surface area (Å²) >= 11 is 0. The van der Waals surface area contributed by atoms with Gasteiger partial charge in [-0.25, -0.2) is 0 Å². The van der Waals surface area contributed by atoms with Gasteiger partial charge in [-0.05, 0) is 31.9 Å². The van der Waals surface area contributed by atoms with E-state index in [0.29, 0.717) is 12.6 Å². The van der Waals surface area contributed by atoms with Gasteiger partial charge in [-0.2, -0.15) is 0 Å². The van der Waals surface area contributed by atoms with Crippen LogP contribution in [0.2, 0.25) is 0 Å². The molecule has 17 heavy (non-hydrogen) atoms. The monoisotopic (exact) mass is 235 g/mol. The van der Waals surface area contributed by atoms with Crippen molar-refractivity contribution in [2.75, 3.05) is 6.54 Å². The second-order valence-electron chi connectivity index (χ2n) is 4.27. The van der Waals surface area contributed by atoms with Crippen LogP contribution in [0.1, 0.15) is 38.8 Å². The van der Waals surface area contributed by atoms with Crippen molar-refractivity contribution in [1.29, 1.82) is 0 Å². The molecule has 2 N–H and O–H groups in total. The number of nitrogens with zero attached hydrogens (tertiary/aromatic N) is 1. The lowest BCUT2D eigenvalue weighted by atomic mass is 10.1. The maximum Gasteiger partial charge on any atom is 0.234 e. The molecule has 0 aliphatic carbocycles. The minimum Gasteiger partial charge on any atom is -0.348 e. The third kappa shape index (κ3) is 4.95. The highest BCUT2D eigenvalue weighted by atomic mass is 16.1. The molecule has 94 valence electrons. The first-order valence-corrected chi connectivity index (χ1v) is 6.06. The highest BCUT2D eigenvalue weighted by Gasteiger charge is 2.09. The van der Waals surface area contributed by atoms with Crippen molar-refractivity contribution in [1.82, 2.24) is 15.6 Å². The lowest BCUT2D eigenvalue weighted by Gasteiger charge is -2.15. The molecule has 0 bridgehead atoms. The zero-order chi connectivity index (χ0) is 12.7. The summed E-state index contributed by atoms with van der Waals surface area (Å²) in [5.41, 5.74) is 1.02. The molecule has 0 fully saturated rings. The molecular weight excluding hydrogens is 214 g/mol. The number of amides is 1. The molecule has 0 radical (unpaired) electrons. The van der Waals surface area contributed by atoms with Gasteiger partial charge in [0.1, 0.15) is 0 Å². The Hall–Kier alpha value is -1.42. The Morgan fingerprint density at radius 2 is 2.24 bits per heavy atom. The van der Waals surface area contributed by atoms with Gasteiger partial charge in [0.25, 0.3) is 0 Å². The molecule has 2 atom stereocenters. The van der Waals surface area contributed by atoms with Crippen LogP contribution < -0.4 is 10.6 Å². The highest BCUT2D eigenvalue weighted by molar-refractivity contribution is 5.78. The Balaban J connectivity index is 2.36. The fourth-order valence-electron chi connectivity index (χ4n) is 1.42. The van der Waals surface area contributed by atoms with Gasteiger partial charge in [0, 0.05) is 18.4 Å². The molecule has 0 spiro atoms. The molecule has 1 heterocycles. The number of rotatable bonds is 6. The van der Waals surface area contributed by atoms with E-state index in [0.717, 1.165) is 12.0 Å². The van der Waals surface area contributed by atoms with Crippen LogP contribution in [0.15, 0.2) is 24.5 Å². The third-order valence-electron chi connectivity index (χ3n) is 2.79. The normalized spacial score (nSPS) is 14.1. The number of hydrogen-bond acceptors (Lipinski definition) is 3. The minimum atomic E-state index is -0.00469. The molecule has 0 saturated heterocycles. The Morgan fingerprint density at radius 1 is 1.47 bits per heavy atom. The summed E-state index contributed by atoms with van der Waals surface area (Å²) in [5.74, 6) is 0.0154. The predicted octanol–water partition coefficient (Wildman–Crippen LogP) is 1.65. The van der Waals surface area contributed by atoms with E-state index in [1.165, 1.54) is 0 Å².